The molecule has 0 amide bonds. The summed E-state index contributed by atoms with van der Waals surface area (Å²) in [5.41, 5.74) is 7.09. The molecule has 1 heterocycles. The highest BCUT2D eigenvalue weighted by Gasteiger charge is 2.24. The lowest BCUT2D eigenvalue weighted by atomic mass is 9.88. The molecule has 1 aliphatic carbocycles. The Morgan fingerprint density at radius 3 is 2.50 bits per heavy atom. The molecule has 0 saturated heterocycles. The average Bonchev–Trinajstić information content (AvgIpc) is 2.99. The van der Waals surface area contributed by atoms with Crippen molar-refractivity contribution in [3.63, 3.8) is 0 Å². The van der Waals surface area contributed by atoms with E-state index in [2.05, 4.69) is 58.6 Å². The number of benzene rings is 2. The SMILES string of the molecule is CN(C)c1ccc(-c2onc3c2CCc2ccccc2-3)cc1. The number of anilines is 1. The maximum absolute atomic E-state index is 5.70. The van der Waals surface area contributed by atoms with Crippen LogP contribution >= 0.6 is 0 Å². The molecule has 0 unspecified atom stereocenters. The van der Waals surface area contributed by atoms with E-state index in [1.165, 1.54) is 22.4 Å². The first-order valence-corrected chi connectivity index (χ1v) is 7.58. The summed E-state index contributed by atoms with van der Waals surface area (Å²) in [7, 11) is 4.09. The Bertz CT molecular complexity index is 816. The lowest BCUT2D eigenvalue weighted by molar-refractivity contribution is 0.434. The van der Waals surface area contributed by atoms with Gasteiger partial charge in [0.05, 0.1) is 0 Å². The Morgan fingerprint density at radius 2 is 1.73 bits per heavy atom. The van der Waals surface area contributed by atoms with Crippen molar-refractivity contribution in [2.75, 3.05) is 19.0 Å². The molecule has 0 spiro atoms. The van der Waals surface area contributed by atoms with Gasteiger partial charge in [-0.05, 0) is 42.7 Å². The van der Waals surface area contributed by atoms with Crippen LogP contribution in [0.5, 0.6) is 0 Å². The van der Waals surface area contributed by atoms with E-state index < -0.39 is 0 Å². The van der Waals surface area contributed by atoms with Gasteiger partial charge in [0.15, 0.2) is 5.76 Å². The van der Waals surface area contributed by atoms with Gasteiger partial charge in [-0.2, -0.15) is 0 Å². The van der Waals surface area contributed by atoms with Crippen molar-refractivity contribution in [3.8, 4) is 22.6 Å². The van der Waals surface area contributed by atoms with Crippen molar-refractivity contribution in [3.05, 3.63) is 59.7 Å². The molecule has 0 radical (unpaired) electrons. The molecule has 3 aromatic rings. The maximum Gasteiger partial charge on any atom is 0.170 e. The topological polar surface area (TPSA) is 29.3 Å². The van der Waals surface area contributed by atoms with E-state index in [-0.39, 0.29) is 0 Å². The van der Waals surface area contributed by atoms with E-state index in [1.54, 1.807) is 0 Å². The summed E-state index contributed by atoms with van der Waals surface area (Å²) in [5, 5.41) is 4.35. The minimum absolute atomic E-state index is 0.912. The number of hydrogen-bond acceptors (Lipinski definition) is 3. The molecule has 1 aromatic heterocycles. The standard InChI is InChI=1S/C19H18N2O/c1-21(2)15-10-7-14(8-11-15)19-17-12-9-13-5-3-4-6-16(13)18(17)20-22-19/h3-8,10-11H,9,12H2,1-2H3. The van der Waals surface area contributed by atoms with E-state index in [4.69, 9.17) is 4.52 Å². The van der Waals surface area contributed by atoms with Gasteiger partial charge >= 0.3 is 0 Å². The van der Waals surface area contributed by atoms with E-state index in [0.717, 1.165) is 29.9 Å². The molecule has 0 aliphatic heterocycles. The summed E-state index contributed by atoms with van der Waals surface area (Å²) < 4.78 is 5.70. The predicted octanol–water partition coefficient (Wildman–Crippen LogP) is 4.17. The van der Waals surface area contributed by atoms with Gasteiger partial charge in [0.25, 0.3) is 0 Å². The van der Waals surface area contributed by atoms with Crippen LogP contribution in [-0.2, 0) is 12.8 Å². The Morgan fingerprint density at radius 1 is 0.955 bits per heavy atom. The van der Waals surface area contributed by atoms with Gasteiger partial charge in [0.2, 0.25) is 0 Å². The number of fused-ring (bicyclic) bond motifs is 3. The fourth-order valence-corrected chi connectivity index (χ4v) is 3.12. The number of rotatable bonds is 2. The third kappa shape index (κ3) is 2.01. The first-order chi connectivity index (χ1) is 10.7. The van der Waals surface area contributed by atoms with Crippen LogP contribution < -0.4 is 4.90 Å². The summed E-state index contributed by atoms with van der Waals surface area (Å²) in [6.45, 7) is 0. The molecule has 0 saturated carbocycles. The second-order valence-corrected chi connectivity index (χ2v) is 5.94. The summed E-state index contributed by atoms with van der Waals surface area (Å²) in [6.07, 6.45) is 2.04. The molecule has 3 nitrogen and oxygen atoms in total. The van der Waals surface area contributed by atoms with Crippen LogP contribution in [0.3, 0.4) is 0 Å². The van der Waals surface area contributed by atoms with Crippen LogP contribution in [0, 0.1) is 0 Å². The smallest absolute Gasteiger partial charge is 0.170 e. The van der Waals surface area contributed by atoms with Crippen molar-refractivity contribution < 1.29 is 4.52 Å². The van der Waals surface area contributed by atoms with Gasteiger partial charge < -0.3 is 9.42 Å². The third-order valence-corrected chi connectivity index (χ3v) is 4.35. The van der Waals surface area contributed by atoms with Crippen molar-refractivity contribution in [2.24, 2.45) is 0 Å². The normalized spacial score (nSPS) is 12.6. The molecular formula is C19H18N2O. The lowest BCUT2D eigenvalue weighted by Gasteiger charge is -2.15. The third-order valence-electron chi connectivity index (χ3n) is 4.35. The zero-order valence-corrected chi connectivity index (χ0v) is 12.8. The van der Waals surface area contributed by atoms with Gasteiger partial charge in [-0.1, -0.05) is 29.4 Å². The molecule has 0 atom stereocenters. The van der Waals surface area contributed by atoms with E-state index in [9.17, 15) is 0 Å². The van der Waals surface area contributed by atoms with Gasteiger partial charge in [-0.15, -0.1) is 0 Å². The van der Waals surface area contributed by atoms with E-state index in [1.807, 2.05) is 14.1 Å². The fraction of sp³-hybridized carbons (Fsp3) is 0.211. The Kier molecular flexibility index (Phi) is 3.00. The van der Waals surface area contributed by atoms with Crippen molar-refractivity contribution in [1.82, 2.24) is 5.16 Å². The number of hydrogen-bond donors (Lipinski definition) is 0. The monoisotopic (exact) mass is 290 g/mol. The zero-order valence-electron chi connectivity index (χ0n) is 12.8. The van der Waals surface area contributed by atoms with Gasteiger partial charge in [0.1, 0.15) is 5.69 Å². The summed E-state index contributed by atoms with van der Waals surface area (Å²) in [6, 6.07) is 16.9. The van der Waals surface area contributed by atoms with Gasteiger partial charge in [0, 0.05) is 36.5 Å². The molecule has 0 N–H and O–H groups in total. The molecule has 2 aromatic carbocycles. The minimum Gasteiger partial charge on any atom is -0.378 e. The molecule has 110 valence electrons. The van der Waals surface area contributed by atoms with E-state index in [0.29, 0.717) is 0 Å². The number of aromatic nitrogens is 1. The lowest BCUT2D eigenvalue weighted by Crippen LogP contribution is -2.08. The predicted molar refractivity (Wildman–Crippen MR) is 89.1 cm³/mol. The quantitative estimate of drug-likeness (QED) is 0.709. The summed E-state index contributed by atoms with van der Waals surface area (Å²) in [4.78, 5) is 2.09. The molecule has 3 heteroatoms. The average molecular weight is 290 g/mol. The van der Waals surface area contributed by atoms with Crippen LogP contribution in [0.2, 0.25) is 0 Å². The molecule has 22 heavy (non-hydrogen) atoms. The van der Waals surface area contributed by atoms with Crippen LogP contribution in [0.15, 0.2) is 53.1 Å². The first kappa shape index (κ1) is 13.1. The Labute approximate surface area is 130 Å². The minimum atomic E-state index is 0.912. The Balaban J connectivity index is 1.78. The largest absolute Gasteiger partial charge is 0.378 e. The Hall–Kier alpha value is -2.55. The molecular weight excluding hydrogens is 272 g/mol. The van der Waals surface area contributed by atoms with Crippen molar-refractivity contribution in [1.29, 1.82) is 0 Å². The summed E-state index contributed by atoms with van der Waals surface area (Å²) >= 11 is 0. The first-order valence-electron chi connectivity index (χ1n) is 7.58. The maximum atomic E-state index is 5.70. The molecule has 0 bridgehead atoms. The van der Waals surface area contributed by atoms with Crippen LogP contribution in [0.4, 0.5) is 5.69 Å². The highest BCUT2D eigenvalue weighted by Crippen LogP contribution is 2.38. The van der Waals surface area contributed by atoms with Crippen LogP contribution in [-0.4, -0.2) is 19.3 Å². The summed E-state index contributed by atoms with van der Waals surface area (Å²) in [5.74, 6) is 0.912. The van der Waals surface area contributed by atoms with Crippen molar-refractivity contribution >= 4 is 5.69 Å². The van der Waals surface area contributed by atoms with Gasteiger partial charge in [-0.25, -0.2) is 0 Å². The second-order valence-electron chi connectivity index (χ2n) is 5.94. The molecule has 1 aliphatic rings. The molecule has 0 fully saturated rings. The second kappa shape index (κ2) is 5.02. The van der Waals surface area contributed by atoms with Crippen molar-refractivity contribution in [2.45, 2.75) is 12.8 Å². The van der Waals surface area contributed by atoms with Crippen LogP contribution in [0.1, 0.15) is 11.1 Å². The van der Waals surface area contributed by atoms with Crippen LogP contribution in [0.25, 0.3) is 22.6 Å². The molecule has 4 rings (SSSR count). The van der Waals surface area contributed by atoms with E-state index >= 15 is 0 Å². The van der Waals surface area contributed by atoms with Gasteiger partial charge in [-0.3, -0.25) is 0 Å². The number of nitrogens with zero attached hydrogens (tertiary/aromatic N) is 2. The highest BCUT2D eigenvalue weighted by atomic mass is 16.5. The number of aryl methyl sites for hydroxylation is 1. The fourth-order valence-electron chi connectivity index (χ4n) is 3.12. The highest BCUT2D eigenvalue weighted by molar-refractivity contribution is 5.76. The zero-order chi connectivity index (χ0) is 15.1.